The molecule has 0 fully saturated rings. The minimum Gasteiger partial charge on any atom is -0.309 e. The van der Waals surface area contributed by atoms with Crippen molar-refractivity contribution in [2.45, 2.75) is 11.8 Å². The van der Waals surface area contributed by atoms with E-state index in [0.717, 1.165) is 28.7 Å². The number of allylic oxidation sites excluding steroid dienone is 4. The summed E-state index contributed by atoms with van der Waals surface area (Å²) in [4.78, 5) is 0. The highest BCUT2D eigenvalue weighted by Crippen LogP contribution is 2.61. The summed E-state index contributed by atoms with van der Waals surface area (Å²) in [6.45, 7) is 0. The average molecular weight is 610 g/mol. The molecule has 0 saturated heterocycles. The molecule has 1 spiro atoms. The Hall–Kier alpha value is -6.42. The van der Waals surface area contributed by atoms with Gasteiger partial charge in [-0.2, -0.15) is 10.5 Å². The third-order valence-electron chi connectivity index (χ3n) is 10.7. The van der Waals surface area contributed by atoms with Crippen LogP contribution in [-0.4, -0.2) is 4.57 Å². The van der Waals surface area contributed by atoms with Crippen LogP contribution in [0.15, 0.2) is 146 Å². The minimum atomic E-state index is -0.553. The van der Waals surface area contributed by atoms with Crippen molar-refractivity contribution < 1.29 is 0 Å². The van der Waals surface area contributed by atoms with Crippen molar-refractivity contribution in [2.24, 2.45) is 5.92 Å². The van der Waals surface area contributed by atoms with Crippen molar-refractivity contribution in [3.8, 4) is 40.1 Å². The molecule has 2 unspecified atom stereocenters. The van der Waals surface area contributed by atoms with Gasteiger partial charge in [0.2, 0.25) is 0 Å². The highest BCUT2D eigenvalue weighted by Gasteiger charge is 2.51. The van der Waals surface area contributed by atoms with E-state index in [2.05, 4.69) is 138 Å². The van der Waals surface area contributed by atoms with Crippen LogP contribution in [0, 0.1) is 28.6 Å². The fraction of sp³-hybridized carbons (Fsp3) is 0.0667. The Morgan fingerprint density at radius 2 is 1.42 bits per heavy atom. The number of rotatable bonds is 2. The smallest absolute Gasteiger partial charge is 0.0991 e. The molecule has 3 heteroatoms. The maximum absolute atomic E-state index is 9.64. The van der Waals surface area contributed by atoms with Crippen molar-refractivity contribution in [1.82, 2.24) is 4.57 Å². The molecule has 0 saturated carbocycles. The number of hydrogen-bond acceptors (Lipinski definition) is 2. The lowest BCUT2D eigenvalue weighted by Crippen LogP contribution is -2.33. The van der Waals surface area contributed by atoms with Gasteiger partial charge >= 0.3 is 0 Å². The Balaban J connectivity index is 1.33. The van der Waals surface area contributed by atoms with Crippen LogP contribution in [0.3, 0.4) is 0 Å². The molecule has 7 aromatic rings. The Kier molecular flexibility index (Phi) is 5.46. The van der Waals surface area contributed by atoms with Gasteiger partial charge in [0.1, 0.15) is 0 Å². The molecule has 48 heavy (non-hydrogen) atoms. The largest absolute Gasteiger partial charge is 0.309 e. The lowest BCUT2D eigenvalue weighted by molar-refractivity contribution is 0.748. The first-order chi connectivity index (χ1) is 23.7. The van der Waals surface area contributed by atoms with E-state index in [-0.39, 0.29) is 5.92 Å². The SMILES string of the molecule is N#Cc1cccc(-c2ccc3c(c2)-c2ccc(C4=CCC(C#N)C=C4)cc2C32c3ccccc3-n3c4ccccc4c4cccc2c43)c1. The van der Waals surface area contributed by atoms with Gasteiger partial charge in [-0.3, -0.25) is 0 Å². The molecular weight excluding hydrogens is 583 g/mol. The van der Waals surface area contributed by atoms with Crippen LogP contribution in [0.5, 0.6) is 0 Å². The fourth-order valence-corrected chi connectivity index (χ4v) is 8.67. The molecule has 10 rings (SSSR count). The van der Waals surface area contributed by atoms with Crippen LogP contribution >= 0.6 is 0 Å². The van der Waals surface area contributed by atoms with Crippen LogP contribution in [0.4, 0.5) is 0 Å². The van der Waals surface area contributed by atoms with Gasteiger partial charge in [-0.1, -0.05) is 109 Å². The minimum absolute atomic E-state index is 0.0820. The predicted molar refractivity (Wildman–Crippen MR) is 193 cm³/mol. The van der Waals surface area contributed by atoms with E-state index in [9.17, 15) is 10.5 Å². The first-order valence-electron chi connectivity index (χ1n) is 16.4. The number of nitriles is 2. The van der Waals surface area contributed by atoms with E-state index in [0.29, 0.717) is 5.56 Å². The molecule has 2 atom stereocenters. The average Bonchev–Trinajstić information content (AvgIpc) is 3.65. The van der Waals surface area contributed by atoms with E-state index in [1.54, 1.807) is 0 Å². The second-order valence-electron chi connectivity index (χ2n) is 13.0. The molecule has 1 aromatic heterocycles. The van der Waals surface area contributed by atoms with Gasteiger partial charge in [-0.15, -0.1) is 0 Å². The molecule has 1 aliphatic heterocycles. The molecule has 2 heterocycles. The number of fused-ring (bicyclic) bond motifs is 12. The summed E-state index contributed by atoms with van der Waals surface area (Å²) in [7, 11) is 0. The molecule has 0 N–H and O–H groups in total. The van der Waals surface area contributed by atoms with E-state index >= 15 is 0 Å². The van der Waals surface area contributed by atoms with E-state index in [1.165, 1.54) is 60.9 Å². The van der Waals surface area contributed by atoms with Gasteiger partial charge in [-0.25, -0.2) is 0 Å². The zero-order valence-corrected chi connectivity index (χ0v) is 26.0. The summed E-state index contributed by atoms with van der Waals surface area (Å²) in [6, 6.07) is 50.9. The number of hydrogen-bond donors (Lipinski definition) is 0. The molecule has 6 aromatic carbocycles. The third-order valence-corrected chi connectivity index (χ3v) is 10.7. The molecule has 0 bridgehead atoms. The Bertz CT molecular complexity index is 2690. The highest BCUT2D eigenvalue weighted by atomic mass is 15.0. The second-order valence-corrected chi connectivity index (χ2v) is 13.0. The van der Waals surface area contributed by atoms with Crippen LogP contribution < -0.4 is 0 Å². The monoisotopic (exact) mass is 609 g/mol. The van der Waals surface area contributed by atoms with Crippen LogP contribution in [0.1, 0.15) is 39.8 Å². The van der Waals surface area contributed by atoms with Crippen LogP contribution in [0.25, 0.3) is 55.3 Å². The fourth-order valence-electron chi connectivity index (χ4n) is 8.67. The molecule has 3 aliphatic rings. The second kappa shape index (κ2) is 9.79. The van der Waals surface area contributed by atoms with E-state index in [4.69, 9.17) is 0 Å². The Morgan fingerprint density at radius 3 is 2.29 bits per heavy atom. The predicted octanol–water partition coefficient (Wildman–Crippen LogP) is 10.5. The van der Waals surface area contributed by atoms with Crippen molar-refractivity contribution >= 4 is 27.4 Å². The molecule has 3 nitrogen and oxygen atoms in total. The zero-order valence-electron chi connectivity index (χ0n) is 26.0. The van der Waals surface area contributed by atoms with Gasteiger partial charge < -0.3 is 4.57 Å². The normalized spacial score (nSPS) is 18.2. The maximum Gasteiger partial charge on any atom is 0.0991 e. The number of para-hydroxylation sites is 3. The molecule has 2 aliphatic carbocycles. The lowest BCUT2D eigenvalue weighted by Gasteiger charge is -2.39. The van der Waals surface area contributed by atoms with Gasteiger partial charge in [0.25, 0.3) is 0 Å². The molecule has 222 valence electrons. The number of benzene rings is 6. The van der Waals surface area contributed by atoms with Crippen molar-refractivity contribution in [3.63, 3.8) is 0 Å². The topological polar surface area (TPSA) is 52.5 Å². The zero-order chi connectivity index (χ0) is 32.0. The summed E-state index contributed by atoms with van der Waals surface area (Å²) in [5.41, 5.74) is 15.7. The van der Waals surface area contributed by atoms with Crippen molar-refractivity contribution in [2.75, 3.05) is 0 Å². The highest BCUT2D eigenvalue weighted by molar-refractivity contribution is 6.13. The summed E-state index contributed by atoms with van der Waals surface area (Å²) in [5, 5.41) is 21.7. The Morgan fingerprint density at radius 1 is 0.625 bits per heavy atom. The van der Waals surface area contributed by atoms with Gasteiger partial charge in [0.05, 0.1) is 45.8 Å². The quantitative estimate of drug-likeness (QED) is 0.196. The number of nitrogens with zero attached hydrogens (tertiary/aromatic N) is 3. The lowest BCUT2D eigenvalue weighted by atomic mass is 9.65. The van der Waals surface area contributed by atoms with E-state index in [1.807, 2.05) is 24.3 Å². The standard InChI is InChI=1S/C45H27N3/c46-26-28-15-17-30(18-16-28)33-19-21-34-37-24-32(31-8-5-7-29(23-31)27-47)20-22-38(37)45(41(34)25-33)39-11-2-4-14-43(39)48-42-13-3-1-9-35(42)36-10-6-12-40(45)44(36)48/h1-15,17-25,28H,16H2. The summed E-state index contributed by atoms with van der Waals surface area (Å²) in [5.74, 6) is -0.0820. The van der Waals surface area contributed by atoms with Gasteiger partial charge in [-0.05, 0) is 98.5 Å². The maximum atomic E-state index is 9.64. The molecule has 0 amide bonds. The van der Waals surface area contributed by atoms with Gasteiger partial charge in [0, 0.05) is 10.8 Å². The summed E-state index contributed by atoms with van der Waals surface area (Å²) < 4.78 is 2.47. The molecule has 0 radical (unpaired) electrons. The Labute approximate surface area is 278 Å². The number of aromatic nitrogens is 1. The first-order valence-corrected chi connectivity index (χ1v) is 16.4. The van der Waals surface area contributed by atoms with Crippen molar-refractivity contribution in [3.05, 3.63) is 179 Å². The summed E-state index contributed by atoms with van der Waals surface area (Å²) in [6.07, 6.45) is 7.07. The third kappa shape index (κ3) is 3.40. The van der Waals surface area contributed by atoms with Gasteiger partial charge in [0.15, 0.2) is 0 Å². The first kappa shape index (κ1) is 26.8. The molecular formula is C45H27N3. The van der Waals surface area contributed by atoms with Crippen LogP contribution in [0.2, 0.25) is 0 Å². The van der Waals surface area contributed by atoms with Crippen molar-refractivity contribution in [1.29, 1.82) is 10.5 Å². The van der Waals surface area contributed by atoms with Crippen LogP contribution in [-0.2, 0) is 5.41 Å². The van der Waals surface area contributed by atoms with E-state index < -0.39 is 5.41 Å². The summed E-state index contributed by atoms with van der Waals surface area (Å²) >= 11 is 0.